The van der Waals surface area contributed by atoms with Gasteiger partial charge < -0.3 is 4.90 Å². The summed E-state index contributed by atoms with van der Waals surface area (Å²) < 4.78 is 6.92. The van der Waals surface area contributed by atoms with Gasteiger partial charge in [0.1, 0.15) is 1.37 Å². The van der Waals surface area contributed by atoms with E-state index in [0.29, 0.717) is 0 Å². The van der Waals surface area contributed by atoms with Gasteiger partial charge in [-0.15, -0.1) is 0 Å². The molecule has 0 saturated carbocycles. The van der Waals surface area contributed by atoms with Gasteiger partial charge in [-0.05, 0) is 0 Å². The fraction of sp³-hybridized carbons (Fsp3) is 0.500. The first-order valence-corrected chi connectivity index (χ1v) is 1.99. The Labute approximate surface area is 43.0 Å². The fourth-order valence-corrected chi connectivity index (χ4v) is 0.415. The molecule has 1 rings (SSSR count). The molecule has 0 N–H and O–H groups in total. The van der Waals surface area contributed by atoms with Gasteiger partial charge in [-0.3, -0.25) is 4.79 Å². The lowest BCUT2D eigenvalue weighted by molar-refractivity contribution is -0.116. The molecule has 0 unspecified atom stereocenters. The quantitative estimate of drug-likeness (QED) is 0.409. The van der Waals surface area contributed by atoms with E-state index < -0.39 is 0 Å². The first-order valence-electron chi connectivity index (χ1n) is 2.49. The van der Waals surface area contributed by atoms with Crippen molar-refractivity contribution in [3.8, 4) is 0 Å². The summed E-state index contributed by atoms with van der Waals surface area (Å²) in [5.74, 6) is -0.225. The molecule has 1 aliphatic rings. The molecule has 1 amide bonds. The van der Waals surface area contributed by atoms with Crippen LogP contribution in [0.2, 0.25) is 0 Å². The predicted molar refractivity (Wildman–Crippen MR) is 26.1 cm³/mol. The predicted octanol–water partition coefficient (Wildman–Crippen LogP) is -0.513. The van der Waals surface area contributed by atoms with Gasteiger partial charge in [0.05, 0.1) is 12.9 Å². The van der Waals surface area contributed by atoms with Gasteiger partial charge in [-0.1, -0.05) is 0 Å². The van der Waals surface area contributed by atoms with Gasteiger partial charge >= 0.3 is 0 Å². The van der Waals surface area contributed by atoms with Gasteiger partial charge in [0.25, 0.3) is 5.91 Å². The number of amides is 1. The summed E-state index contributed by atoms with van der Waals surface area (Å²) in [4.78, 5) is 15.1. The highest BCUT2D eigenvalue weighted by Gasteiger charge is 2.06. The third-order valence-corrected chi connectivity index (χ3v) is 0.718. The second kappa shape index (κ2) is 1.33. The van der Waals surface area contributed by atoms with Crippen molar-refractivity contribution in [1.29, 1.82) is 0 Å². The van der Waals surface area contributed by atoms with E-state index >= 15 is 0 Å². The zero-order valence-corrected chi connectivity index (χ0v) is 4.01. The van der Waals surface area contributed by atoms with Crippen molar-refractivity contribution >= 4 is 12.2 Å². The summed E-state index contributed by atoms with van der Waals surface area (Å²) in [5, 5.41) is 0. The average Bonchev–Trinajstić information content (AvgIpc) is 1.85. The number of rotatable bonds is 0. The Bertz CT molecular complexity index is 154. The molecule has 0 aliphatic carbocycles. The van der Waals surface area contributed by atoms with Crippen LogP contribution >= 0.6 is 0 Å². The first kappa shape index (κ1) is 3.18. The second-order valence-electron chi connectivity index (χ2n) is 1.46. The molecule has 0 aromatic heterocycles. The number of likely N-dealkylation sites (N-methyl/N-ethyl adjacent to an activating group) is 1. The lowest BCUT2D eigenvalue weighted by Crippen LogP contribution is -2.14. The zero-order valence-electron chi connectivity index (χ0n) is 5.01. The van der Waals surface area contributed by atoms with Gasteiger partial charge in [-0.2, -0.15) is 0 Å². The number of carbonyl (C=O) groups excluding carboxylic acids is 1. The van der Waals surface area contributed by atoms with Crippen molar-refractivity contribution in [1.82, 2.24) is 4.90 Å². The molecule has 1 aliphatic heterocycles. The molecule has 38 valence electrons. The van der Waals surface area contributed by atoms with Crippen molar-refractivity contribution in [2.75, 3.05) is 13.6 Å². The smallest absolute Gasteiger partial charge is 0.266 e. The van der Waals surface area contributed by atoms with Crippen molar-refractivity contribution in [3.05, 3.63) is 0 Å². The monoisotopic (exact) mass is 99.1 g/mol. The number of carbonyl (C=O) groups is 1. The highest BCUT2D eigenvalue weighted by molar-refractivity contribution is 5.91. The normalized spacial score (nSPS) is 22.4. The lowest BCUT2D eigenvalue weighted by atomic mass is 10.6. The Morgan fingerprint density at radius 3 is 3.14 bits per heavy atom. The van der Waals surface area contributed by atoms with Gasteiger partial charge in [0, 0.05) is 7.05 Å². The zero-order chi connectivity index (χ0) is 6.15. The van der Waals surface area contributed by atoms with Crippen LogP contribution in [-0.4, -0.2) is 30.7 Å². The van der Waals surface area contributed by atoms with Crippen LogP contribution in [0.5, 0.6) is 0 Å². The summed E-state index contributed by atoms with van der Waals surface area (Å²) in [6.07, 6.45) is 0.0648. The maximum Gasteiger partial charge on any atom is 0.266 e. The number of hydrogen-bond acceptors (Lipinski definition) is 2. The van der Waals surface area contributed by atoms with E-state index in [2.05, 4.69) is 4.99 Å². The summed E-state index contributed by atoms with van der Waals surface area (Å²) in [5.41, 5.74) is 0. The number of hydrogen-bond donors (Lipinski definition) is 0. The van der Waals surface area contributed by atoms with Gasteiger partial charge in [0.15, 0.2) is 0 Å². The van der Waals surface area contributed by atoms with Crippen LogP contribution in [0.25, 0.3) is 0 Å². The van der Waals surface area contributed by atoms with E-state index in [-0.39, 0.29) is 18.8 Å². The Kier molecular flexibility index (Phi) is 0.604. The molecule has 0 fully saturated rings. The first-order chi connectivity index (χ1) is 3.70. The Morgan fingerprint density at radius 2 is 3.00 bits per heavy atom. The largest absolute Gasteiger partial charge is 0.356 e. The molecule has 0 aromatic rings. The van der Waals surface area contributed by atoms with Crippen molar-refractivity contribution in [2.24, 2.45) is 4.99 Å². The van der Waals surface area contributed by atoms with Crippen LogP contribution in [0.1, 0.15) is 1.37 Å². The molecule has 0 atom stereocenters. The minimum atomic E-state index is -0.225. The fourth-order valence-electron chi connectivity index (χ4n) is 0.415. The van der Waals surface area contributed by atoms with Crippen LogP contribution in [-0.2, 0) is 4.79 Å². The minimum absolute atomic E-state index is 0.0648. The number of aliphatic imine (C=N–C) groups is 1. The summed E-state index contributed by atoms with van der Waals surface area (Å²) in [6, 6.07) is 0. The van der Waals surface area contributed by atoms with E-state index in [0.717, 1.165) is 0 Å². The third-order valence-electron chi connectivity index (χ3n) is 0.718. The van der Waals surface area contributed by atoms with E-state index in [1.807, 2.05) is 0 Å². The molecule has 3 nitrogen and oxygen atoms in total. The van der Waals surface area contributed by atoms with Crippen LogP contribution in [0.4, 0.5) is 0 Å². The van der Waals surface area contributed by atoms with Crippen molar-refractivity contribution in [3.63, 3.8) is 0 Å². The van der Waals surface area contributed by atoms with E-state index in [1.54, 1.807) is 7.05 Å². The number of amidine groups is 1. The molecule has 0 spiro atoms. The highest BCUT2D eigenvalue weighted by atomic mass is 16.1. The minimum Gasteiger partial charge on any atom is -0.356 e. The Morgan fingerprint density at radius 1 is 2.29 bits per heavy atom. The molecule has 0 radical (unpaired) electrons. The van der Waals surface area contributed by atoms with Crippen molar-refractivity contribution < 1.29 is 6.17 Å². The highest BCUT2D eigenvalue weighted by Crippen LogP contribution is 1.87. The second-order valence-corrected chi connectivity index (χ2v) is 1.46. The van der Waals surface area contributed by atoms with Crippen LogP contribution in [0.3, 0.4) is 0 Å². The summed E-state index contributed by atoms with van der Waals surface area (Å²) >= 11 is 0. The van der Waals surface area contributed by atoms with E-state index in [1.165, 1.54) is 4.90 Å². The summed E-state index contributed by atoms with van der Waals surface area (Å²) in [6.45, 7) is 0.263. The summed E-state index contributed by atoms with van der Waals surface area (Å²) in [7, 11) is 1.66. The number of nitrogens with zero attached hydrogens (tertiary/aromatic N) is 2. The van der Waals surface area contributed by atoms with Gasteiger partial charge in [0.2, 0.25) is 0 Å². The van der Waals surface area contributed by atoms with Gasteiger partial charge in [-0.25, -0.2) is 4.99 Å². The molecule has 7 heavy (non-hydrogen) atoms. The molecule has 3 heteroatoms. The van der Waals surface area contributed by atoms with Crippen LogP contribution in [0.15, 0.2) is 4.99 Å². The topological polar surface area (TPSA) is 32.7 Å². The average molecular weight is 99.1 g/mol. The molecule has 1 heterocycles. The third kappa shape index (κ3) is 0.765. The molecular formula is C4H6N2O. The van der Waals surface area contributed by atoms with E-state index in [9.17, 15) is 4.79 Å². The van der Waals surface area contributed by atoms with Crippen molar-refractivity contribution in [2.45, 2.75) is 0 Å². The maximum atomic E-state index is 10.3. The van der Waals surface area contributed by atoms with Crippen LogP contribution in [0, 0.1) is 0 Å². The molecular weight excluding hydrogens is 92.1 g/mol. The lowest BCUT2D eigenvalue weighted by Gasteiger charge is -1.98. The molecule has 0 bridgehead atoms. The van der Waals surface area contributed by atoms with E-state index in [4.69, 9.17) is 1.37 Å². The Balaban J connectivity index is 2.73. The Hall–Kier alpha value is -0.860. The maximum absolute atomic E-state index is 10.3. The SMILES string of the molecule is [2H]C1=NC(=O)CN1C. The molecule has 0 saturated heterocycles. The van der Waals surface area contributed by atoms with Crippen LogP contribution < -0.4 is 0 Å². The standard InChI is InChI=1S/C4H6N2O/c1-6-2-4(7)5-3-6/h3H,2H2,1H3/i3D. The molecule has 0 aromatic carbocycles.